The zero-order valence-corrected chi connectivity index (χ0v) is 7.21. The summed E-state index contributed by atoms with van der Waals surface area (Å²) in [5, 5.41) is 9.69. The highest BCUT2D eigenvalue weighted by molar-refractivity contribution is 5.06. The molecule has 2 heteroatoms. The number of rotatable bonds is 0. The van der Waals surface area contributed by atoms with E-state index in [0.29, 0.717) is 12.0 Å². The lowest BCUT2D eigenvalue weighted by atomic mass is 9.57. The number of aliphatic hydroxyl groups excluding tert-OH is 1. The third kappa shape index (κ3) is 0.859. The molecule has 0 spiro atoms. The van der Waals surface area contributed by atoms with E-state index in [9.17, 15) is 5.11 Å². The first-order valence-corrected chi connectivity index (χ1v) is 4.43. The molecule has 64 valence electrons. The van der Waals surface area contributed by atoms with Crippen molar-refractivity contribution in [1.82, 2.24) is 0 Å². The summed E-state index contributed by atoms with van der Waals surface area (Å²) < 4.78 is 5.60. The van der Waals surface area contributed by atoms with Crippen LogP contribution in [0.1, 0.15) is 26.7 Å². The van der Waals surface area contributed by atoms with Crippen LogP contribution in [0.4, 0.5) is 0 Å². The Hall–Kier alpha value is -0.0800. The Bertz CT molecular complexity index is 165. The molecular formula is C9H16O2. The van der Waals surface area contributed by atoms with E-state index in [2.05, 4.69) is 13.8 Å². The number of hydrogen-bond acceptors (Lipinski definition) is 2. The molecule has 0 aromatic rings. The van der Waals surface area contributed by atoms with E-state index in [-0.39, 0.29) is 11.5 Å². The molecule has 0 aromatic carbocycles. The summed E-state index contributed by atoms with van der Waals surface area (Å²) in [6.45, 7) is 5.06. The molecule has 3 atom stereocenters. The minimum absolute atomic E-state index is 0.00505. The van der Waals surface area contributed by atoms with Crippen molar-refractivity contribution in [3.05, 3.63) is 0 Å². The summed E-state index contributed by atoms with van der Waals surface area (Å²) in [4.78, 5) is 0. The van der Waals surface area contributed by atoms with Crippen LogP contribution < -0.4 is 0 Å². The molecule has 0 unspecified atom stereocenters. The lowest BCUT2D eigenvalue weighted by Gasteiger charge is -2.57. The van der Waals surface area contributed by atoms with Crippen molar-refractivity contribution in [3.8, 4) is 0 Å². The lowest BCUT2D eigenvalue weighted by molar-refractivity contribution is -0.244. The fourth-order valence-electron chi connectivity index (χ4n) is 2.50. The van der Waals surface area contributed by atoms with Gasteiger partial charge in [0.15, 0.2) is 0 Å². The van der Waals surface area contributed by atoms with Crippen molar-refractivity contribution in [2.75, 3.05) is 6.61 Å². The van der Waals surface area contributed by atoms with Gasteiger partial charge in [-0.2, -0.15) is 0 Å². The van der Waals surface area contributed by atoms with Gasteiger partial charge in [-0.3, -0.25) is 0 Å². The maximum absolute atomic E-state index is 9.69. The predicted molar refractivity (Wildman–Crippen MR) is 42.3 cm³/mol. The van der Waals surface area contributed by atoms with Gasteiger partial charge >= 0.3 is 0 Å². The second kappa shape index (κ2) is 2.20. The number of fused-ring (bicyclic) bond motifs is 1. The third-order valence-electron chi connectivity index (χ3n) is 3.27. The number of aliphatic hydroxyl groups is 1. The Labute approximate surface area is 67.6 Å². The molecule has 1 saturated heterocycles. The largest absolute Gasteiger partial charge is 0.392 e. The van der Waals surface area contributed by atoms with Crippen molar-refractivity contribution in [2.45, 2.75) is 38.9 Å². The van der Waals surface area contributed by atoms with E-state index in [4.69, 9.17) is 4.74 Å². The molecule has 2 aliphatic rings. The average Bonchev–Trinajstić information content (AvgIpc) is 2.04. The summed E-state index contributed by atoms with van der Waals surface area (Å²) in [6.07, 6.45) is 2.46. The van der Waals surface area contributed by atoms with E-state index in [1.807, 2.05) is 0 Å². The SMILES string of the molecule is CC1(C)[C@H](O)[C@H]2CCCO[C@H]21. The molecule has 1 aliphatic carbocycles. The number of hydrogen-bond donors (Lipinski definition) is 1. The van der Waals surface area contributed by atoms with Crippen molar-refractivity contribution >= 4 is 0 Å². The molecular weight excluding hydrogens is 140 g/mol. The van der Waals surface area contributed by atoms with Crippen molar-refractivity contribution < 1.29 is 9.84 Å². The van der Waals surface area contributed by atoms with Gasteiger partial charge in [-0.1, -0.05) is 13.8 Å². The molecule has 2 fully saturated rings. The average molecular weight is 156 g/mol. The highest BCUT2D eigenvalue weighted by Crippen LogP contribution is 2.50. The first kappa shape index (κ1) is 7.56. The van der Waals surface area contributed by atoms with Gasteiger partial charge in [-0.25, -0.2) is 0 Å². The Balaban J connectivity index is 2.09. The van der Waals surface area contributed by atoms with E-state index < -0.39 is 0 Å². The topological polar surface area (TPSA) is 29.5 Å². The van der Waals surface area contributed by atoms with Crippen LogP contribution in [0.15, 0.2) is 0 Å². The van der Waals surface area contributed by atoms with Crippen molar-refractivity contribution in [3.63, 3.8) is 0 Å². The zero-order chi connectivity index (χ0) is 8.06. The molecule has 2 rings (SSSR count). The second-order valence-electron chi connectivity index (χ2n) is 4.36. The Kier molecular flexibility index (Phi) is 1.52. The molecule has 0 bridgehead atoms. The standard InChI is InChI=1S/C9H16O2/c1-9(2)7(10)6-4-3-5-11-8(6)9/h6-8,10H,3-5H2,1-2H3/t6-,7-,8-/m1/s1. The molecule has 1 saturated carbocycles. The lowest BCUT2D eigenvalue weighted by Crippen LogP contribution is -2.64. The first-order valence-electron chi connectivity index (χ1n) is 4.43. The van der Waals surface area contributed by atoms with Crippen LogP contribution in [0.2, 0.25) is 0 Å². The molecule has 1 heterocycles. The number of ether oxygens (including phenoxy) is 1. The van der Waals surface area contributed by atoms with E-state index in [1.165, 1.54) is 0 Å². The molecule has 0 radical (unpaired) electrons. The molecule has 2 nitrogen and oxygen atoms in total. The summed E-state index contributed by atoms with van der Waals surface area (Å²) in [5.41, 5.74) is 0.00505. The van der Waals surface area contributed by atoms with E-state index in [0.717, 1.165) is 19.4 Å². The van der Waals surface area contributed by atoms with Gasteiger partial charge in [0.1, 0.15) is 0 Å². The molecule has 0 amide bonds. The van der Waals surface area contributed by atoms with Crippen LogP contribution in [-0.4, -0.2) is 23.9 Å². The van der Waals surface area contributed by atoms with Crippen molar-refractivity contribution in [1.29, 1.82) is 0 Å². The summed E-state index contributed by atoms with van der Waals surface area (Å²) in [7, 11) is 0. The minimum atomic E-state index is -0.132. The van der Waals surface area contributed by atoms with Crippen LogP contribution in [0.5, 0.6) is 0 Å². The molecule has 1 N–H and O–H groups in total. The highest BCUT2D eigenvalue weighted by Gasteiger charge is 2.57. The van der Waals surface area contributed by atoms with Gasteiger partial charge in [-0.15, -0.1) is 0 Å². The Morgan fingerprint density at radius 2 is 2.18 bits per heavy atom. The summed E-state index contributed by atoms with van der Waals surface area (Å²) in [5.74, 6) is 0.429. The first-order chi connectivity index (χ1) is 5.14. The quantitative estimate of drug-likeness (QED) is 0.570. The fourth-order valence-corrected chi connectivity index (χ4v) is 2.50. The normalized spacial score (nSPS) is 47.7. The highest BCUT2D eigenvalue weighted by atomic mass is 16.5. The summed E-state index contributed by atoms with van der Waals surface area (Å²) >= 11 is 0. The molecule has 0 aromatic heterocycles. The zero-order valence-electron chi connectivity index (χ0n) is 7.21. The summed E-state index contributed by atoms with van der Waals surface area (Å²) in [6, 6.07) is 0. The third-order valence-corrected chi connectivity index (χ3v) is 3.27. The van der Waals surface area contributed by atoms with E-state index >= 15 is 0 Å². The van der Waals surface area contributed by atoms with Gasteiger partial charge in [0, 0.05) is 17.9 Å². The maximum atomic E-state index is 9.69. The van der Waals surface area contributed by atoms with Gasteiger partial charge in [0.25, 0.3) is 0 Å². The van der Waals surface area contributed by atoms with Crippen LogP contribution in [0.3, 0.4) is 0 Å². The van der Waals surface area contributed by atoms with Gasteiger partial charge in [-0.05, 0) is 12.8 Å². The Morgan fingerprint density at radius 3 is 2.82 bits per heavy atom. The van der Waals surface area contributed by atoms with Crippen LogP contribution in [0.25, 0.3) is 0 Å². The smallest absolute Gasteiger partial charge is 0.0703 e. The molecule has 1 aliphatic heterocycles. The monoisotopic (exact) mass is 156 g/mol. The van der Waals surface area contributed by atoms with Crippen LogP contribution in [-0.2, 0) is 4.74 Å². The molecule has 11 heavy (non-hydrogen) atoms. The fraction of sp³-hybridized carbons (Fsp3) is 1.00. The van der Waals surface area contributed by atoms with Gasteiger partial charge in [0.2, 0.25) is 0 Å². The Morgan fingerprint density at radius 1 is 1.45 bits per heavy atom. The maximum Gasteiger partial charge on any atom is 0.0703 e. The predicted octanol–water partition coefficient (Wildman–Crippen LogP) is 1.18. The second-order valence-corrected chi connectivity index (χ2v) is 4.36. The van der Waals surface area contributed by atoms with Crippen LogP contribution >= 0.6 is 0 Å². The van der Waals surface area contributed by atoms with Crippen LogP contribution in [0, 0.1) is 11.3 Å². The van der Waals surface area contributed by atoms with Crippen molar-refractivity contribution in [2.24, 2.45) is 11.3 Å². The van der Waals surface area contributed by atoms with E-state index in [1.54, 1.807) is 0 Å². The van der Waals surface area contributed by atoms with Gasteiger partial charge in [0.05, 0.1) is 12.2 Å². The van der Waals surface area contributed by atoms with Gasteiger partial charge < -0.3 is 9.84 Å². The minimum Gasteiger partial charge on any atom is -0.392 e.